The lowest BCUT2D eigenvalue weighted by atomic mass is 9.99. The lowest BCUT2D eigenvalue weighted by Crippen LogP contribution is -2.44. The molecular weight excluding hydrogens is 230 g/mol. The van der Waals surface area contributed by atoms with E-state index in [-0.39, 0.29) is 11.8 Å². The number of carboxylic acids is 1. The van der Waals surface area contributed by atoms with Crippen LogP contribution in [-0.2, 0) is 22.4 Å². The standard InChI is InChI=1S/C14H15NO3/c1-8-5-6-9-3-2-4-10-7-11(14(17)18)15(12(9)10)13(8)16/h2-4,8,11H,5-7H2,1H3,(H,17,18)/t8-,11?/m0/s1. The Morgan fingerprint density at radius 2 is 2.11 bits per heavy atom. The van der Waals surface area contributed by atoms with Gasteiger partial charge in [0.25, 0.3) is 0 Å². The molecule has 4 heteroatoms. The highest BCUT2D eigenvalue weighted by Crippen LogP contribution is 2.39. The average molecular weight is 245 g/mol. The maximum absolute atomic E-state index is 12.3. The Kier molecular flexibility index (Phi) is 2.40. The van der Waals surface area contributed by atoms with Gasteiger partial charge >= 0.3 is 5.97 Å². The van der Waals surface area contributed by atoms with E-state index in [4.69, 9.17) is 0 Å². The molecule has 1 unspecified atom stereocenters. The van der Waals surface area contributed by atoms with E-state index >= 15 is 0 Å². The second-order valence-electron chi connectivity index (χ2n) is 5.13. The number of carbonyl (C=O) groups is 2. The molecule has 0 bridgehead atoms. The molecule has 1 N–H and O–H groups in total. The van der Waals surface area contributed by atoms with Crippen LogP contribution in [-0.4, -0.2) is 23.0 Å². The zero-order valence-electron chi connectivity index (χ0n) is 10.2. The number of hydrogen-bond acceptors (Lipinski definition) is 2. The highest BCUT2D eigenvalue weighted by Gasteiger charge is 2.42. The molecule has 0 aromatic heterocycles. The van der Waals surface area contributed by atoms with Crippen molar-refractivity contribution in [2.45, 2.75) is 32.2 Å². The van der Waals surface area contributed by atoms with Crippen molar-refractivity contribution in [2.75, 3.05) is 4.90 Å². The number of carboxylic acid groups (broad SMARTS) is 1. The van der Waals surface area contributed by atoms with Gasteiger partial charge in [-0.2, -0.15) is 0 Å². The van der Waals surface area contributed by atoms with Crippen LogP contribution in [0.1, 0.15) is 24.5 Å². The molecule has 2 atom stereocenters. The Labute approximate surface area is 105 Å². The first kappa shape index (κ1) is 11.3. The van der Waals surface area contributed by atoms with Crippen LogP contribution >= 0.6 is 0 Å². The summed E-state index contributed by atoms with van der Waals surface area (Å²) in [6.45, 7) is 1.88. The van der Waals surface area contributed by atoms with Gasteiger partial charge in [-0.15, -0.1) is 0 Å². The molecule has 0 saturated heterocycles. The molecule has 0 aliphatic carbocycles. The van der Waals surface area contributed by atoms with Crippen molar-refractivity contribution < 1.29 is 14.7 Å². The lowest BCUT2D eigenvalue weighted by Gasteiger charge is -2.24. The highest BCUT2D eigenvalue weighted by atomic mass is 16.4. The number of para-hydroxylation sites is 1. The summed E-state index contributed by atoms with van der Waals surface area (Å²) in [6, 6.07) is 5.16. The van der Waals surface area contributed by atoms with Crippen molar-refractivity contribution in [3.05, 3.63) is 29.3 Å². The van der Waals surface area contributed by atoms with Crippen LogP contribution < -0.4 is 4.90 Å². The fourth-order valence-electron chi connectivity index (χ4n) is 2.97. The largest absolute Gasteiger partial charge is 0.480 e. The summed E-state index contributed by atoms with van der Waals surface area (Å²) in [5.74, 6) is -1.07. The summed E-state index contributed by atoms with van der Waals surface area (Å²) in [5.41, 5.74) is 2.95. The number of carbonyl (C=O) groups excluding carboxylic acids is 1. The van der Waals surface area contributed by atoms with Crippen molar-refractivity contribution >= 4 is 17.6 Å². The number of aryl methyl sites for hydroxylation is 1. The van der Waals surface area contributed by atoms with Gasteiger partial charge in [0.2, 0.25) is 5.91 Å². The minimum absolute atomic E-state index is 0.0499. The monoisotopic (exact) mass is 245 g/mol. The fraction of sp³-hybridized carbons (Fsp3) is 0.429. The third-order valence-electron chi connectivity index (χ3n) is 3.96. The summed E-state index contributed by atoms with van der Waals surface area (Å²) in [5, 5.41) is 9.30. The van der Waals surface area contributed by atoms with E-state index in [1.807, 2.05) is 25.1 Å². The smallest absolute Gasteiger partial charge is 0.327 e. The molecule has 2 heterocycles. The number of aliphatic carboxylic acids is 1. The molecule has 0 fully saturated rings. The Balaban J connectivity index is 2.18. The van der Waals surface area contributed by atoms with Gasteiger partial charge in [0.05, 0.1) is 5.69 Å². The zero-order valence-corrected chi connectivity index (χ0v) is 10.2. The Hall–Kier alpha value is -1.84. The van der Waals surface area contributed by atoms with Crippen molar-refractivity contribution in [1.29, 1.82) is 0 Å². The van der Waals surface area contributed by atoms with Crippen LogP contribution in [0.2, 0.25) is 0 Å². The summed E-state index contributed by atoms with van der Waals surface area (Å²) < 4.78 is 0. The number of anilines is 1. The van der Waals surface area contributed by atoms with Crippen LogP contribution in [0.3, 0.4) is 0 Å². The van der Waals surface area contributed by atoms with Gasteiger partial charge in [0.15, 0.2) is 0 Å². The van der Waals surface area contributed by atoms with Crippen molar-refractivity contribution in [1.82, 2.24) is 0 Å². The van der Waals surface area contributed by atoms with E-state index in [0.717, 1.165) is 29.7 Å². The van der Waals surface area contributed by atoms with Gasteiger partial charge in [0, 0.05) is 12.3 Å². The van der Waals surface area contributed by atoms with Crippen LogP contribution in [0.25, 0.3) is 0 Å². The van der Waals surface area contributed by atoms with E-state index in [1.54, 1.807) is 0 Å². The van der Waals surface area contributed by atoms with Crippen LogP contribution in [0.15, 0.2) is 18.2 Å². The van der Waals surface area contributed by atoms with E-state index in [0.29, 0.717) is 6.42 Å². The van der Waals surface area contributed by atoms with Crippen molar-refractivity contribution in [3.63, 3.8) is 0 Å². The lowest BCUT2D eigenvalue weighted by molar-refractivity contribution is -0.140. The van der Waals surface area contributed by atoms with Crippen LogP contribution in [0.5, 0.6) is 0 Å². The Morgan fingerprint density at radius 1 is 1.39 bits per heavy atom. The van der Waals surface area contributed by atoms with E-state index in [9.17, 15) is 14.7 Å². The first-order chi connectivity index (χ1) is 8.59. The molecule has 4 nitrogen and oxygen atoms in total. The summed E-state index contributed by atoms with van der Waals surface area (Å²) >= 11 is 0. The third kappa shape index (κ3) is 1.45. The maximum atomic E-state index is 12.3. The molecule has 2 aliphatic heterocycles. The summed E-state index contributed by atoms with van der Waals surface area (Å²) in [4.78, 5) is 25.2. The number of amides is 1. The molecule has 0 radical (unpaired) electrons. The average Bonchev–Trinajstić information content (AvgIpc) is 2.69. The molecule has 1 aromatic rings. The molecule has 1 aromatic carbocycles. The predicted octanol–water partition coefficient (Wildman–Crippen LogP) is 1.61. The highest BCUT2D eigenvalue weighted by molar-refractivity contribution is 6.04. The zero-order chi connectivity index (χ0) is 12.9. The van der Waals surface area contributed by atoms with Gasteiger partial charge < -0.3 is 5.11 Å². The van der Waals surface area contributed by atoms with Crippen molar-refractivity contribution in [2.24, 2.45) is 5.92 Å². The van der Waals surface area contributed by atoms with Gasteiger partial charge in [-0.3, -0.25) is 9.69 Å². The molecule has 94 valence electrons. The summed E-state index contributed by atoms with van der Waals surface area (Å²) in [7, 11) is 0. The topological polar surface area (TPSA) is 57.6 Å². The van der Waals surface area contributed by atoms with Crippen LogP contribution in [0.4, 0.5) is 5.69 Å². The Morgan fingerprint density at radius 3 is 2.83 bits per heavy atom. The summed E-state index contributed by atoms with van der Waals surface area (Å²) in [6.07, 6.45) is 2.06. The third-order valence-corrected chi connectivity index (χ3v) is 3.96. The van der Waals surface area contributed by atoms with E-state index in [2.05, 4.69) is 0 Å². The molecule has 2 aliphatic rings. The van der Waals surface area contributed by atoms with Gasteiger partial charge in [-0.1, -0.05) is 25.1 Å². The molecule has 1 amide bonds. The van der Waals surface area contributed by atoms with E-state index < -0.39 is 12.0 Å². The number of hydrogen-bond donors (Lipinski definition) is 1. The van der Waals surface area contributed by atoms with E-state index in [1.165, 1.54) is 4.90 Å². The second kappa shape index (κ2) is 3.83. The quantitative estimate of drug-likeness (QED) is 0.817. The molecule has 0 spiro atoms. The van der Waals surface area contributed by atoms with Gasteiger partial charge in [-0.25, -0.2) is 4.79 Å². The second-order valence-corrected chi connectivity index (χ2v) is 5.13. The first-order valence-corrected chi connectivity index (χ1v) is 6.26. The van der Waals surface area contributed by atoms with Gasteiger partial charge in [0.1, 0.15) is 6.04 Å². The number of rotatable bonds is 1. The number of benzene rings is 1. The minimum atomic E-state index is -0.917. The first-order valence-electron chi connectivity index (χ1n) is 6.26. The molecule has 0 saturated carbocycles. The maximum Gasteiger partial charge on any atom is 0.327 e. The van der Waals surface area contributed by atoms with Gasteiger partial charge in [-0.05, 0) is 24.0 Å². The molecule has 18 heavy (non-hydrogen) atoms. The Bertz CT molecular complexity index is 538. The molecular formula is C14H15NO3. The van der Waals surface area contributed by atoms with Crippen LogP contribution in [0, 0.1) is 5.92 Å². The normalized spacial score (nSPS) is 25.8. The minimum Gasteiger partial charge on any atom is -0.480 e. The number of nitrogens with zero attached hydrogens (tertiary/aromatic N) is 1. The molecule has 3 rings (SSSR count). The predicted molar refractivity (Wildman–Crippen MR) is 66.5 cm³/mol. The van der Waals surface area contributed by atoms with Crippen molar-refractivity contribution in [3.8, 4) is 0 Å². The fourth-order valence-corrected chi connectivity index (χ4v) is 2.97. The SMILES string of the molecule is C[C@H]1CCc2cccc3c2N(C1=O)C(C(=O)O)C3.